The Labute approximate surface area is 185 Å². The lowest BCUT2D eigenvalue weighted by atomic mass is 10.2. The third-order valence-corrected chi connectivity index (χ3v) is 6.25. The molecule has 3 heterocycles. The van der Waals surface area contributed by atoms with Gasteiger partial charge in [0.25, 0.3) is 0 Å². The Morgan fingerprint density at radius 3 is 2.72 bits per heavy atom. The second kappa shape index (κ2) is 8.31. The highest BCUT2D eigenvalue weighted by atomic mass is 32.2. The van der Waals surface area contributed by atoms with Gasteiger partial charge in [-0.25, -0.2) is 18.4 Å². The molecule has 0 atom stereocenters. The summed E-state index contributed by atoms with van der Waals surface area (Å²) in [6, 6.07) is 14.3. The van der Waals surface area contributed by atoms with Crippen molar-refractivity contribution in [2.45, 2.75) is 6.54 Å². The van der Waals surface area contributed by atoms with Gasteiger partial charge in [0.15, 0.2) is 0 Å². The zero-order valence-corrected chi connectivity index (χ0v) is 18.4. The van der Waals surface area contributed by atoms with Crippen LogP contribution in [0, 0.1) is 0 Å². The number of amides is 1. The molecule has 4 rings (SSSR count). The molecule has 0 radical (unpaired) electrons. The number of sulfonamides is 1. The first kappa shape index (κ1) is 21.3. The van der Waals surface area contributed by atoms with E-state index in [-0.39, 0.29) is 0 Å². The topological polar surface area (TPSA) is 123 Å². The van der Waals surface area contributed by atoms with Crippen LogP contribution in [0.15, 0.2) is 67.1 Å². The second-order valence-electron chi connectivity index (χ2n) is 7.36. The molecule has 1 aromatic carbocycles. The van der Waals surface area contributed by atoms with Crippen LogP contribution in [0.3, 0.4) is 0 Å². The molecule has 0 aliphatic rings. The summed E-state index contributed by atoms with van der Waals surface area (Å²) >= 11 is 0. The van der Waals surface area contributed by atoms with Gasteiger partial charge in [-0.3, -0.25) is 9.10 Å². The number of carbonyl (C=O) groups is 1. The molecule has 4 aromatic rings. The molecule has 164 valence electrons. The fourth-order valence-corrected chi connectivity index (χ4v) is 3.84. The lowest BCUT2D eigenvalue weighted by Crippen LogP contribution is -2.27. The Kier molecular flexibility index (Phi) is 5.54. The standard InChI is InChI=1S/C22H22N6O3S/c1-27(32(2,30)31)22-17(6-4-9-24-22)14-28-10-8-16-13-25-20(12-19(16)28)26-18-7-3-5-15(11-18)21(23)29/h3-13H,14H2,1-2H3,(H2,23,29)(H,25,26). The van der Waals surface area contributed by atoms with Crippen LogP contribution in [0.25, 0.3) is 10.9 Å². The third-order valence-electron chi connectivity index (χ3n) is 5.08. The highest BCUT2D eigenvalue weighted by Gasteiger charge is 2.17. The van der Waals surface area contributed by atoms with Crippen LogP contribution in [0.1, 0.15) is 15.9 Å². The maximum atomic E-state index is 12.0. The van der Waals surface area contributed by atoms with Crippen molar-refractivity contribution in [3.63, 3.8) is 0 Å². The molecule has 3 aromatic heterocycles. The van der Waals surface area contributed by atoms with E-state index in [0.717, 1.165) is 22.7 Å². The summed E-state index contributed by atoms with van der Waals surface area (Å²) in [5, 5.41) is 4.12. The van der Waals surface area contributed by atoms with E-state index in [1.165, 1.54) is 11.4 Å². The predicted molar refractivity (Wildman–Crippen MR) is 125 cm³/mol. The van der Waals surface area contributed by atoms with Crippen LogP contribution < -0.4 is 15.4 Å². The van der Waals surface area contributed by atoms with Crippen LogP contribution in [-0.4, -0.2) is 42.2 Å². The zero-order chi connectivity index (χ0) is 22.9. The van der Waals surface area contributed by atoms with E-state index < -0.39 is 15.9 Å². The summed E-state index contributed by atoms with van der Waals surface area (Å²) in [6.45, 7) is 0.424. The van der Waals surface area contributed by atoms with Crippen LogP contribution in [0.5, 0.6) is 0 Å². The van der Waals surface area contributed by atoms with Gasteiger partial charge in [-0.05, 0) is 30.3 Å². The van der Waals surface area contributed by atoms with E-state index in [4.69, 9.17) is 5.73 Å². The molecule has 0 unspecified atom stereocenters. The molecule has 9 nitrogen and oxygen atoms in total. The first-order valence-electron chi connectivity index (χ1n) is 9.72. The molecule has 0 saturated heterocycles. The highest BCUT2D eigenvalue weighted by molar-refractivity contribution is 7.92. The average molecular weight is 451 g/mol. The number of anilines is 3. The number of nitrogens with one attached hydrogen (secondary N) is 1. The van der Waals surface area contributed by atoms with Gasteiger partial charge in [0.05, 0.1) is 18.3 Å². The molecule has 1 amide bonds. The number of fused-ring (bicyclic) bond motifs is 1. The maximum Gasteiger partial charge on any atom is 0.248 e. The van der Waals surface area contributed by atoms with E-state index in [2.05, 4.69) is 15.3 Å². The second-order valence-corrected chi connectivity index (χ2v) is 9.37. The Morgan fingerprint density at radius 2 is 1.97 bits per heavy atom. The quantitative estimate of drug-likeness (QED) is 0.446. The van der Waals surface area contributed by atoms with Gasteiger partial charge >= 0.3 is 0 Å². The third kappa shape index (κ3) is 4.40. The largest absolute Gasteiger partial charge is 0.366 e. The van der Waals surface area contributed by atoms with Gasteiger partial charge in [-0.15, -0.1) is 0 Å². The first-order valence-corrected chi connectivity index (χ1v) is 11.6. The number of carbonyl (C=O) groups excluding carboxylic acids is 1. The van der Waals surface area contributed by atoms with Crippen molar-refractivity contribution in [1.29, 1.82) is 0 Å². The average Bonchev–Trinajstić information content (AvgIpc) is 3.15. The first-order chi connectivity index (χ1) is 15.2. The minimum absolute atomic E-state index is 0.382. The fraction of sp³-hybridized carbons (Fsp3) is 0.136. The van der Waals surface area contributed by atoms with Gasteiger partial charge in [-0.1, -0.05) is 12.1 Å². The number of nitrogens with two attached hydrogens (primary N) is 1. The van der Waals surface area contributed by atoms with Crippen LogP contribution in [-0.2, 0) is 16.6 Å². The van der Waals surface area contributed by atoms with Crippen molar-refractivity contribution in [3.8, 4) is 0 Å². The van der Waals surface area contributed by atoms with Gasteiger partial charge < -0.3 is 15.6 Å². The maximum absolute atomic E-state index is 12.0. The van der Waals surface area contributed by atoms with Crippen LogP contribution in [0.4, 0.5) is 17.3 Å². The summed E-state index contributed by atoms with van der Waals surface area (Å²) in [7, 11) is -1.95. The number of primary amides is 1. The Bertz CT molecular complexity index is 1410. The monoisotopic (exact) mass is 450 g/mol. The molecular weight excluding hydrogens is 428 g/mol. The number of pyridine rings is 2. The van der Waals surface area contributed by atoms with E-state index in [1.807, 2.05) is 35.0 Å². The Balaban J connectivity index is 1.66. The van der Waals surface area contributed by atoms with Crippen molar-refractivity contribution in [3.05, 3.63) is 78.2 Å². The summed E-state index contributed by atoms with van der Waals surface area (Å²) in [6.07, 6.45) is 6.38. The summed E-state index contributed by atoms with van der Waals surface area (Å²) < 4.78 is 27.2. The Morgan fingerprint density at radius 1 is 1.16 bits per heavy atom. The van der Waals surface area contributed by atoms with Gasteiger partial charge in [0.2, 0.25) is 15.9 Å². The van der Waals surface area contributed by atoms with Crippen molar-refractivity contribution >= 4 is 44.2 Å². The molecule has 0 saturated carbocycles. The molecule has 3 N–H and O–H groups in total. The minimum Gasteiger partial charge on any atom is -0.366 e. The lowest BCUT2D eigenvalue weighted by molar-refractivity contribution is 0.100. The van der Waals surface area contributed by atoms with Gasteiger partial charge in [0.1, 0.15) is 11.6 Å². The summed E-state index contributed by atoms with van der Waals surface area (Å²) in [5.41, 5.74) is 8.12. The van der Waals surface area contributed by atoms with Crippen molar-refractivity contribution in [1.82, 2.24) is 14.5 Å². The number of nitrogens with zero attached hydrogens (tertiary/aromatic N) is 4. The molecule has 10 heteroatoms. The molecular formula is C22H22N6O3S. The van der Waals surface area contributed by atoms with Gasteiger partial charge in [0, 0.05) is 53.9 Å². The molecule has 0 aliphatic carbocycles. The molecule has 0 aliphatic heterocycles. The van der Waals surface area contributed by atoms with Crippen LogP contribution in [0.2, 0.25) is 0 Å². The van der Waals surface area contributed by atoms with Crippen molar-refractivity contribution in [2.75, 3.05) is 22.9 Å². The zero-order valence-electron chi connectivity index (χ0n) is 17.6. The predicted octanol–water partition coefficient (Wildman–Crippen LogP) is 2.72. The highest BCUT2D eigenvalue weighted by Crippen LogP contribution is 2.25. The molecule has 0 fully saturated rings. The van der Waals surface area contributed by atoms with E-state index in [1.54, 1.807) is 36.7 Å². The van der Waals surface area contributed by atoms with E-state index >= 15 is 0 Å². The van der Waals surface area contributed by atoms with E-state index in [0.29, 0.717) is 29.4 Å². The summed E-state index contributed by atoms with van der Waals surface area (Å²) in [5.74, 6) is 0.475. The SMILES string of the molecule is CN(c1ncccc1Cn1ccc2cnc(Nc3cccc(C(N)=O)c3)cc21)S(C)(=O)=O. The number of rotatable bonds is 7. The molecule has 0 bridgehead atoms. The van der Waals surface area contributed by atoms with Crippen molar-refractivity contribution < 1.29 is 13.2 Å². The number of hydrogen-bond donors (Lipinski definition) is 2. The normalized spacial score (nSPS) is 11.4. The van der Waals surface area contributed by atoms with Gasteiger partial charge in [-0.2, -0.15) is 0 Å². The molecule has 0 spiro atoms. The molecule has 32 heavy (non-hydrogen) atoms. The number of benzene rings is 1. The van der Waals surface area contributed by atoms with E-state index in [9.17, 15) is 13.2 Å². The number of aromatic nitrogens is 3. The fourth-order valence-electron chi connectivity index (χ4n) is 3.37. The van der Waals surface area contributed by atoms with Crippen LogP contribution >= 0.6 is 0 Å². The number of hydrogen-bond acceptors (Lipinski definition) is 6. The lowest BCUT2D eigenvalue weighted by Gasteiger charge is -2.19. The Hall–Kier alpha value is -3.92. The summed E-state index contributed by atoms with van der Waals surface area (Å²) in [4.78, 5) is 20.1. The minimum atomic E-state index is -3.44. The van der Waals surface area contributed by atoms with Crippen molar-refractivity contribution in [2.24, 2.45) is 5.73 Å². The smallest absolute Gasteiger partial charge is 0.248 e.